The van der Waals surface area contributed by atoms with E-state index in [0.29, 0.717) is 34.8 Å². The fraction of sp³-hybridized carbons (Fsp3) is 0.222. The minimum absolute atomic E-state index is 0.243. The van der Waals surface area contributed by atoms with Crippen molar-refractivity contribution >= 4 is 23.0 Å². The molecule has 1 fully saturated rings. The third kappa shape index (κ3) is 2.64. The molecule has 8 heteroatoms. The van der Waals surface area contributed by atoms with Crippen LogP contribution in [-0.2, 0) is 4.79 Å². The van der Waals surface area contributed by atoms with Crippen LogP contribution in [0.2, 0.25) is 0 Å². The monoisotopic (exact) mass is 349 g/mol. The summed E-state index contributed by atoms with van der Waals surface area (Å²) in [5, 5.41) is 10.4. The molecule has 2 aromatic heterocycles. The van der Waals surface area contributed by atoms with E-state index in [0.717, 1.165) is 0 Å². The number of nitrogens with two attached hydrogens (primary N) is 1. The molecule has 0 aliphatic carbocycles. The minimum Gasteiger partial charge on any atom is -0.417 e. The van der Waals surface area contributed by atoms with Gasteiger partial charge in [0.25, 0.3) is 11.6 Å². The molecule has 1 unspecified atom stereocenters. The van der Waals surface area contributed by atoms with Crippen LogP contribution in [0.1, 0.15) is 12.0 Å². The second kappa shape index (κ2) is 5.82. The molecule has 0 spiro atoms. The summed E-state index contributed by atoms with van der Waals surface area (Å²) in [4.78, 5) is 25.7. The summed E-state index contributed by atoms with van der Waals surface area (Å²) in [5.41, 5.74) is 6.14. The highest BCUT2D eigenvalue weighted by molar-refractivity contribution is 5.90. The van der Waals surface area contributed by atoms with Crippen molar-refractivity contribution < 1.29 is 14.3 Å². The molecule has 1 atom stereocenters. The molecule has 8 nitrogen and oxygen atoms in total. The number of likely N-dealkylation sites (tertiary alicyclic amines) is 1. The number of amides is 1. The summed E-state index contributed by atoms with van der Waals surface area (Å²) in [6.07, 6.45) is 1.60. The van der Waals surface area contributed by atoms with Gasteiger partial charge < -0.3 is 20.2 Å². The van der Waals surface area contributed by atoms with Crippen LogP contribution in [0.4, 0.5) is 5.82 Å². The van der Waals surface area contributed by atoms with Gasteiger partial charge in [-0.3, -0.25) is 4.79 Å². The maximum atomic E-state index is 12.0. The van der Waals surface area contributed by atoms with Crippen molar-refractivity contribution in [1.29, 1.82) is 0 Å². The Bertz CT molecular complexity index is 1080. The van der Waals surface area contributed by atoms with Crippen molar-refractivity contribution in [1.82, 2.24) is 19.9 Å². The lowest BCUT2D eigenvalue weighted by Gasteiger charge is -2.13. The molecule has 1 saturated heterocycles. The molecule has 1 aliphatic rings. The number of nitrogens with zero attached hydrogens (tertiary/aromatic N) is 4. The van der Waals surface area contributed by atoms with Gasteiger partial charge in [-0.1, -0.05) is 17.9 Å². The number of anilines is 1. The van der Waals surface area contributed by atoms with Crippen LogP contribution in [0.3, 0.4) is 0 Å². The number of fused-ring (bicyclic) bond motifs is 1. The summed E-state index contributed by atoms with van der Waals surface area (Å²) in [5.74, 6) is 5.75. The number of likely N-dealkylation sites (N-methyl/N-ethyl adjacent to an activating group) is 1. The number of benzene rings is 1. The van der Waals surface area contributed by atoms with E-state index in [4.69, 9.17) is 10.2 Å². The topological polar surface area (TPSA) is 118 Å². The van der Waals surface area contributed by atoms with Gasteiger partial charge in [-0.05, 0) is 18.2 Å². The Morgan fingerprint density at radius 2 is 2.23 bits per heavy atom. The molecular formula is C18H15N5O3. The van der Waals surface area contributed by atoms with Crippen LogP contribution in [0.25, 0.3) is 22.7 Å². The highest BCUT2D eigenvalue weighted by Crippen LogP contribution is 2.26. The van der Waals surface area contributed by atoms with Crippen LogP contribution in [0, 0.1) is 11.8 Å². The fourth-order valence-electron chi connectivity index (χ4n) is 2.77. The lowest BCUT2D eigenvalue weighted by molar-refractivity contribution is -0.137. The highest BCUT2D eigenvalue weighted by atomic mass is 16.4. The summed E-state index contributed by atoms with van der Waals surface area (Å²) in [7, 11) is 1.64. The third-order valence-electron chi connectivity index (χ3n) is 4.26. The molecule has 130 valence electrons. The molecule has 3 aromatic rings. The van der Waals surface area contributed by atoms with E-state index < -0.39 is 5.60 Å². The van der Waals surface area contributed by atoms with Gasteiger partial charge in [-0.2, -0.15) is 4.98 Å². The largest absolute Gasteiger partial charge is 0.417 e. The Morgan fingerprint density at radius 1 is 1.38 bits per heavy atom. The Balaban J connectivity index is 1.68. The van der Waals surface area contributed by atoms with Gasteiger partial charge in [0.2, 0.25) is 11.5 Å². The minimum atomic E-state index is -1.63. The number of carbonyl (C=O) groups excluding carboxylic acids is 1. The van der Waals surface area contributed by atoms with Crippen LogP contribution in [-0.4, -0.2) is 50.1 Å². The van der Waals surface area contributed by atoms with E-state index in [1.165, 1.54) is 11.2 Å². The number of rotatable bonds is 1. The van der Waals surface area contributed by atoms with E-state index in [2.05, 4.69) is 26.8 Å². The molecule has 0 saturated carbocycles. The lowest BCUT2D eigenvalue weighted by Crippen LogP contribution is -2.37. The van der Waals surface area contributed by atoms with Crippen molar-refractivity contribution in [3.8, 4) is 23.3 Å². The number of hydrogen-bond donors (Lipinski definition) is 2. The molecule has 4 rings (SSSR count). The van der Waals surface area contributed by atoms with Crippen molar-refractivity contribution in [3.63, 3.8) is 0 Å². The zero-order valence-corrected chi connectivity index (χ0v) is 13.9. The quantitative estimate of drug-likeness (QED) is 0.624. The molecule has 0 radical (unpaired) electrons. The van der Waals surface area contributed by atoms with Crippen LogP contribution < -0.4 is 5.73 Å². The standard InChI is InChI=1S/C18H15N5O3/c1-23-8-7-18(25,17(23)24)6-5-11-3-2-4-12(9-11)15-22-13-14(19)20-10-21-16(13)26-15/h2-4,9-10,25H,7-8H2,1H3,(H2,19,20,21). The maximum absolute atomic E-state index is 12.0. The SMILES string of the molecule is CN1CCC(O)(C#Cc2cccc(-c3nc4c(N)ncnc4o3)c2)C1=O. The second-order valence-corrected chi connectivity index (χ2v) is 6.10. The van der Waals surface area contributed by atoms with Gasteiger partial charge in [-0.15, -0.1) is 0 Å². The molecule has 26 heavy (non-hydrogen) atoms. The number of nitrogen functional groups attached to an aromatic ring is 1. The second-order valence-electron chi connectivity index (χ2n) is 6.10. The Morgan fingerprint density at radius 3 is 2.96 bits per heavy atom. The van der Waals surface area contributed by atoms with E-state index >= 15 is 0 Å². The first-order valence-corrected chi connectivity index (χ1v) is 7.95. The summed E-state index contributed by atoms with van der Waals surface area (Å²) in [6, 6.07) is 7.13. The fourth-order valence-corrected chi connectivity index (χ4v) is 2.77. The zero-order valence-electron chi connectivity index (χ0n) is 13.9. The maximum Gasteiger partial charge on any atom is 0.267 e. The number of aromatic nitrogens is 3. The average molecular weight is 349 g/mol. The predicted molar refractivity (Wildman–Crippen MR) is 93.5 cm³/mol. The normalized spacial score (nSPS) is 19.6. The predicted octanol–water partition coefficient (Wildman–Crippen LogP) is 0.812. The molecular weight excluding hydrogens is 334 g/mol. The molecule has 1 amide bonds. The van der Waals surface area contributed by atoms with Crippen molar-refractivity contribution in [2.75, 3.05) is 19.3 Å². The van der Waals surface area contributed by atoms with E-state index in [1.54, 1.807) is 25.2 Å². The molecule has 0 bridgehead atoms. The van der Waals surface area contributed by atoms with Crippen LogP contribution >= 0.6 is 0 Å². The summed E-state index contributed by atoms with van der Waals surface area (Å²) < 4.78 is 5.62. The Hall–Kier alpha value is -3.44. The van der Waals surface area contributed by atoms with Gasteiger partial charge in [-0.25, -0.2) is 9.97 Å². The zero-order chi connectivity index (χ0) is 18.3. The van der Waals surface area contributed by atoms with Gasteiger partial charge in [0.1, 0.15) is 6.33 Å². The smallest absolute Gasteiger partial charge is 0.267 e. The lowest BCUT2D eigenvalue weighted by atomic mass is 10.0. The average Bonchev–Trinajstić information content (AvgIpc) is 3.19. The molecule has 3 N–H and O–H groups in total. The van der Waals surface area contributed by atoms with E-state index in [-0.39, 0.29) is 18.1 Å². The van der Waals surface area contributed by atoms with E-state index in [9.17, 15) is 9.90 Å². The van der Waals surface area contributed by atoms with Gasteiger partial charge in [0.15, 0.2) is 11.3 Å². The third-order valence-corrected chi connectivity index (χ3v) is 4.26. The molecule has 3 heterocycles. The Labute approximate surface area is 148 Å². The van der Waals surface area contributed by atoms with Gasteiger partial charge >= 0.3 is 0 Å². The number of aliphatic hydroxyl groups is 1. The Kier molecular flexibility index (Phi) is 3.60. The molecule has 1 aliphatic heterocycles. The van der Waals surface area contributed by atoms with Gasteiger partial charge in [0, 0.05) is 31.1 Å². The number of carbonyl (C=O) groups is 1. The van der Waals surface area contributed by atoms with Crippen molar-refractivity contribution in [3.05, 3.63) is 36.2 Å². The number of hydrogen-bond acceptors (Lipinski definition) is 7. The van der Waals surface area contributed by atoms with Crippen LogP contribution in [0.5, 0.6) is 0 Å². The molecule has 1 aromatic carbocycles. The van der Waals surface area contributed by atoms with Crippen LogP contribution in [0.15, 0.2) is 35.0 Å². The first kappa shape index (κ1) is 16.1. The highest BCUT2D eigenvalue weighted by Gasteiger charge is 2.42. The summed E-state index contributed by atoms with van der Waals surface area (Å²) in [6.45, 7) is 0.482. The first-order chi connectivity index (χ1) is 12.5. The van der Waals surface area contributed by atoms with Gasteiger partial charge in [0.05, 0.1) is 0 Å². The summed E-state index contributed by atoms with van der Waals surface area (Å²) >= 11 is 0. The van der Waals surface area contributed by atoms with Crippen molar-refractivity contribution in [2.45, 2.75) is 12.0 Å². The van der Waals surface area contributed by atoms with E-state index in [1.807, 2.05) is 6.07 Å². The number of oxazole rings is 1. The van der Waals surface area contributed by atoms with Crippen molar-refractivity contribution in [2.24, 2.45) is 0 Å². The first-order valence-electron chi connectivity index (χ1n) is 7.95.